The molecule has 0 amide bonds. The van der Waals surface area contributed by atoms with Gasteiger partial charge in [-0.2, -0.15) is 10.1 Å². The summed E-state index contributed by atoms with van der Waals surface area (Å²) in [5.41, 5.74) is 1.04. The van der Waals surface area contributed by atoms with Crippen LogP contribution in [0.3, 0.4) is 0 Å². The fourth-order valence-electron chi connectivity index (χ4n) is 0.936. The standard InChI is InChI=1S/C9H8N4/c1-2-4-8(5-3-1)6-10-9-11-7-12-13-9/h1-7H,(H,11,12,13)/b10-6-. The summed E-state index contributed by atoms with van der Waals surface area (Å²) in [6.07, 6.45) is 3.16. The number of hydrogen-bond acceptors (Lipinski definition) is 3. The van der Waals surface area contributed by atoms with Gasteiger partial charge in [-0.05, 0) is 5.56 Å². The molecule has 1 N–H and O–H groups in total. The lowest BCUT2D eigenvalue weighted by Gasteiger charge is -1.88. The number of nitrogens with zero attached hydrogens (tertiary/aromatic N) is 3. The number of aliphatic imine (C=N–C) groups is 1. The van der Waals surface area contributed by atoms with Crippen molar-refractivity contribution in [3.63, 3.8) is 0 Å². The minimum atomic E-state index is 0.517. The van der Waals surface area contributed by atoms with Crippen LogP contribution in [0.1, 0.15) is 5.56 Å². The van der Waals surface area contributed by atoms with E-state index in [1.165, 1.54) is 6.33 Å². The van der Waals surface area contributed by atoms with Crippen molar-refractivity contribution in [3.05, 3.63) is 42.2 Å². The molecule has 0 unspecified atom stereocenters. The van der Waals surface area contributed by atoms with E-state index < -0.39 is 0 Å². The first kappa shape index (κ1) is 7.67. The summed E-state index contributed by atoms with van der Waals surface area (Å²) in [4.78, 5) is 7.95. The fourth-order valence-corrected chi connectivity index (χ4v) is 0.936. The highest BCUT2D eigenvalue weighted by Gasteiger charge is 1.88. The largest absolute Gasteiger partial charge is 0.245 e. The quantitative estimate of drug-likeness (QED) is 0.699. The maximum absolute atomic E-state index is 4.08. The Labute approximate surface area is 75.4 Å². The Kier molecular flexibility index (Phi) is 2.14. The van der Waals surface area contributed by atoms with E-state index >= 15 is 0 Å². The summed E-state index contributed by atoms with van der Waals surface area (Å²) in [5.74, 6) is 0.517. The van der Waals surface area contributed by atoms with Crippen molar-refractivity contribution in [1.29, 1.82) is 0 Å². The molecule has 0 fully saturated rings. The van der Waals surface area contributed by atoms with Gasteiger partial charge >= 0.3 is 0 Å². The lowest BCUT2D eigenvalue weighted by atomic mass is 10.2. The molecule has 0 aliphatic heterocycles. The Bertz CT molecular complexity index is 377. The van der Waals surface area contributed by atoms with E-state index in [1.54, 1.807) is 6.21 Å². The minimum Gasteiger partial charge on any atom is -0.244 e. The van der Waals surface area contributed by atoms with E-state index in [1.807, 2.05) is 30.3 Å². The van der Waals surface area contributed by atoms with Crippen molar-refractivity contribution < 1.29 is 0 Å². The van der Waals surface area contributed by atoms with Crippen LogP contribution in [-0.4, -0.2) is 21.4 Å². The molecule has 0 bridgehead atoms. The van der Waals surface area contributed by atoms with Crippen LogP contribution in [0.4, 0.5) is 5.95 Å². The molecule has 1 aromatic heterocycles. The first-order valence-electron chi connectivity index (χ1n) is 3.89. The second kappa shape index (κ2) is 3.62. The molecule has 13 heavy (non-hydrogen) atoms. The Hall–Kier alpha value is -1.97. The van der Waals surface area contributed by atoms with Gasteiger partial charge in [-0.3, -0.25) is 0 Å². The second-order valence-electron chi connectivity index (χ2n) is 2.48. The van der Waals surface area contributed by atoms with Gasteiger partial charge in [-0.15, -0.1) is 0 Å². The third-order valence-corrected chi connectivity index (χ3v) is 1.54. The van der Waals surface area contributed by atoms with E-state index in [9.17, 15) is 0 Å². The van der Waals surface area contributed by atoms with E-state index in [4.69, 9.17) is 0 Å². The lowest BCUT2D eigenvalue weighted by molar-refractivity contribution is 1.08. The molecule has 0 aliphatic carbocycles. The van der Waals surface area contributed by atoms with Crippen molar-refractivity contribution in [2.24, 2.45) is 4.99 Å². The van der Waals surface area contributed by atoms with Gasteiger partial charge in [0.25, 0.3) is 0 Å². The molecule has 1 aromatic carbocycles. The Morgan fingerprint density at radius 1 is 1.23 bits per heavy atom. The topological polar surface area (TPSA) is 53.9 Å². The van der Waals surface area contributed by atoms with Crippen LogP contribution in [0.25, 0.3) is 0 Å². The zero-order valence-corrected chi connectivity index (χ0v) is 6.88. The Balaban J connectivity index is 2.15. The molecular weight excluding hydrogens is 164 g/mol. The van der Waals surface area contributed by atoms with Gasteiger partial charge < -0.3 is 0 Å². The van der Waals surface area contributed by atoms with Gasteiger partial charge in [-0.25, -0.2) is 10.1 Å². The zero-order valence-electron chi connectivity index (χ0n) is 6.88. The normalized spacial score (nSPS) is 10.8. The SMILES string of the molecule is C(=N/c1ncn[nH]1)/c1ccccc1. The number of aromatic amines is 1. The van der Waals surface area contributed by atoms with Crippen molar-refractivity contribution >= 4 is 12.2 Å². The van der Waals surface area contributed by atoms with Gasteiger partial charge in [0.15, 0.2) is 0 Å². The number of hydrogen-bond donors (Lipinski definition) is 1. The Morgan fingerprint density at radius 2 is 2.08 bits per heavy atom. The molecule has 1 heterocycles. The Morgan fingerprint density at radius 3 is 2.77 bits per heavy atom. The third-order valence-electron chi connectivity index (χ3n) is 1.54. The predicted molar refractivity (Wildman–Crippen MR) is 50.1 cm³/mol. The highest BCUT2D eigenvalue weighted by Crippen LogP contribution is 2.00. The lowest BCUT2D eigenvalue weighted by Crippen LogP contribution is -1.78. The molecule has 0 saturated heterocycles. The van der Waals surface area contributed by atoms with Crippen molar-refractivity contribution in [1.82, 2.24) is 15.2 Å². The molecule has 4 heteroatoms. The van der Waals surface area contributed by atoms with Crippen LogP contribution in [-0.2, 0) is 0 Å². The van der Waals surface area contributed by atoms with E-state index in [0.717, 1.165) is 5.56 Å². The number of rotatable bonds is 2. The summed E-state index contributed by atoms with van der Waals surface area (Å²) in [6.45, 7) is 0. The highest BCUT2D eigenvalue weighted by molar-refractivity contribution is 5.80. The average Bonchev–Trinajstić information content (AvgIpc) is 2.69. The first-order chi connectivity index (χ1) is 6.45. The molecule has 2 rings (SSSR count). The van der Waals surface area contributed by atoms with Crippen LogP contribution >= 0.6 is 0 Å². The van der Waals surface area contributed by atoms with E-state index in [2.05, 4.69) is 20.2 Å². The molecule has 0 spiro atoms. The summed E-state index contributed by atoms with van der Waals surface area (Å²) < 4.78 is 0. The summed E-state index contributed by atoms with van der Waals surface area (Å²) in [7, 11) is 0. The van der Waals surface area contributed by atoms with Crippen LogP contribution in [0.15, 0.2) is 41.7 Å². The molecule has 0 aliphatic rings. The molecular formula is C9H8N4. The number of H-pyrrole nitrogens is 1. The number of benzene rings is 1. The number of aromatic nitrogens is 3. The maximum Gasteiger partial charge on any atom is 0.245 e. The third kappa shape index (κ3) is 1.99. The van der Waals surface area contributed by atoms with E-state index in [-0.39, 0.29) is 0 Å². The van der Waals surface area contributed by atoms with Crippen molar-refractivity contribution in [3.8, 4) is 0 Å². The fraction of sp³-hybridized carbons (Fsp3) is 0. The van der Waals surface area contributed by atoms with Crippen molar-refractivity contribution in [2.45, 2.75) is 0 Å². The summed E-state index contributed by atoms with van der Waals surface area (Å²) >= 11 is 0. The van der Waals surface area contributed by atoms with E-state index in [0.29, 0.717) is 5.95 Å². The van der Waals surface area contributed by atoms with Crippen LogP contribution in [0.2, 0.25) is 0 Å². The molecule has 0 atom stereocenters. The number of nitrogens with one attached hydrogen (secondary N) is 1. The van der Waals surface area contributed by atoms with Gasteiger partial charge in [0.1, 0.15) is 6.33 Å². The summed E-state index contributed by atoms with van der Waals surface area (Å²) in [5, 5.41) is 6.33. The van der Waals surface area contributed by atoms with Crippen LogP contribution < -0.4 is 0 Å². The highest BCUT2D eigenvalue weighted by atomic mass is 15.2. The molecule has 0 saturated carbocycles. The molecule has 0 radical (unpaired) electrons. The second-order valence-corrected chi connectivity index (χ2v) is 2.48. The average molecular weight is 172 g/mol. The van der Waals surface area contributed by atoms with Gasteiger partial charge in [0.05, 0.1) is 0 Å². The monoisotopic (exact) mass is 172 g/mol. The van der Waals surface area contributed by atoms with Crippen molar-refractivity contribution in [2.75, 3.05) is 0 Å². The zero-order chi connectivity index (χ0) is 8.93. The summed E-state index contributed by atoms with van der Waals surface area (Å²) in [6, 6.07) is 9.83. The maximum atomic E-state index is 4.08. The van der Waals surface area contributed by atoms with Gasteiger partial charge in [-0.1, -0.05) is 30.3 Å². The van der Waals surface area contributed by atoms with Gasteiger partial charge in [0.2, 0.25) is 5.95 Å². The van der Waals surface area contributed by atoms with Gasteiger partial charge in [0, 0.05) is 6.21 Å². The first-order valence-corrected chi connectivity index (χ1v) is 3.89. The molecule has 4 nitrogen and oxygen atoms in total. The van der Waals surface area contributed by atoms with Crippen LogP contribution in [0, 0.1) is 0 Å². The molecule has 2 aromatic rings. The molecule has 64 valence electrons. The minimum absolute atomic E-state index is 0.517. The predicted octanol–water partition coefficient (Wildman–Crippen LogP) is 1.56. The smallest absolute Gasteiger partial charge is 0.244 e. The van der Waals surface area contributed by atoms with Crippen LogP contribution in [0.5, 0.6) is 0 Å².